The first-order valence-corrected chi connectivity index (χ1v) is 9.19. The summed E-state index contributed by atoms with van der Waals surface area (Å²) in [5.74, 6) is 3.36. The number of aldehydes is 1. The zero-order valence-corrected chi connectivity index (χ0v) is 16.9. The minimum atomic E-state index is -2.26. The molecule has 2 unspecified atom stereocenters. The fourth-order valence-electron chi connectivity index (χ4n) is 2.83. The van der Waals surface area contributed by atoms with E-state index < -0.39 is 29.8 Å². The van der Waals surface area contributed by atoms with Gasteiger partial charge >= 0.3 is 5.97 Å². The molecule has 0 saturated carbocycles. The second-order valence-corrected chi connectivity index (χ2v) is 6.75. The van der Waals surface area contributed by atoms with Crippen LogP contribution in [0.25, 0.3) is 0 Å². The lowest BCUT2D eigenvalue weighted by atomic mass is 9.83. The second-order valence-electron chi connectivity index (χ2n) is 6.75. The van der Waals surface area contributed by atoms with Crippen LogP contribution in [-0.4, -0.2) is 48.1 Å². The molecule has 164 valence electrons. The molecule has 10 heteroatoms. The number of hydrogen-bond donors (Lipinski definition) is 4. The third-order valence-corrected chi connectivity index (χ3v) is 4.57. The number of phenolic OH excluding ortho intramolecular Hbond substituents is 1. The van der Waals surface area contributed by atoms with Crippen LogP contribution in [0.5, 0.6) is 17.2 Å². The predicted molar refractivity (Wildman–Crippen MR) is 113 cm³/mol. The molecule has 0 amide bonds. The average molecular weight is 428 g/mol. The van der Waals surface area contributed by atoms with Crippen molar-refractivity contribution in [1.82, 2.24) is 0 Å². The maximum Gasteiger partial charge on any atom is 0.339 e. The summed E-state index contributed by atoms with van der Waals surface area (Å²) >= 11 is 0. The van der Waals surface area contributed by atoms with Crippen molar-refractivity contribution in [2.75, 3.05) is 7.11 Å². The Hall–Kier alpha value is -3.76. The van der Waals surface area contributed by atoms with E-state index >= 15 is 0 Å². The molecule has 0 radical (unpaired) electrons. The monoisotopic (exact) mass is 428 g/mol. The van der Waals surface area contributed by atoms with Gasteiger partial charge in [0.2, 0.25) is 0 Å². The number of ether oxygens (including phenoxy) is 2. The normalized spacial score (nSPS) is 13.9. The van der Waals surface area contributed by atoms with Gasteiger partial charge < -0.3 is 36.7 Å². The molecule has 2 atom stereocenters. The van der Waals surface area contributed by atoms with Crippen LogP contribution in [0.1, 0.15) is 17.5 Å². The highest BCUT2D eigenvalue weighted by Gasteiger charge is 2.46. The SMILES string of the molecule is COc1ccc(CC(N)(C(=O)Oc2ccc(C=NN)cc2)C(=O)C(N)CC=O)c(O)c1. The molecule has 2 aromatic carbocycles. The van der Waals surface area contributed by atoms with Crippen molar-refractivity contribution in [3.8, 4) is 17.2 Å². The van der Waals surface area contributed by atoms with Crippen molar-refractivity contribution in [1.29, 1.82) is 0 Å². The Kier molecular flexibility index (Phi) is 7.83. The number of Topliss-reactive ketones (excluding diaryl/α,β-unsaturated/α-hetero) is 1. The van der Waals surface area contributed by atoms with Crippen LogP contribution in [0.3, 0.4) is 0 Å². The number of hydrogen-bond acceptors (Lipinski definition) is 10. The second kappa shape index (κ2) is 10.3. The number of methoxy groups -OCH3 is 1. The molecule has 0 spiro atoms. The Balaban J connectivity index is 2.37. The van der Waals surface area contributed by atoms with Crippen LogP contribution >= 0.6 is 0 Å². The van der Waals surface area contributed by atoms with Crippen molar-refractivity contribution in [3.63, 3.8) is 0 Å². The maximum atomic E-state index is 13.0. The van der Waals surface area contributed by atoms with Crippen molar-refractivity contribution in [2.24, 2.45) is 22.4 Å². The van der Waals surface area contributed by atoms with E-state index in [0.29, 0.717) is 17.6 Å². The summed E-state index contributed by atoms with van der Waals surface area (Å²) in [6.45, 7) is 0. The molecule has 2 aromatic rings. The van der Waals surface area contributed by atoms with Gasteiger partial charge in [-0.15, -0.1) is 0 Å². The highest BCUT2D eigenvalue weighted by Crippen LogP contribution is 2.28. The first-order valence-electron chi connectivity index (χ1n) is 9.19. The molecule has 0 aliphatic rings. The number of carbonyl (C=O) groups excluding carboxylic acids is 3. The van der Waals surface area contributed by atoms with Crippen LogP contribution in [0, 0.1) is 0 Å². The summed E-state index contributed by atoms with van der Waals surface area (Å²) < 4.78 is 10.3. The summed E-state index contributed by atoms with van der Waals surface area (Å²) in [6, 6.07) is 9.11. The molecule has 0 heterocycles. The molecule has 0 aliphatic heterocycles. The van der Waals surface area contributed by atoms with Gasteiger partial charge in [0.1, 0.15) is 23.5 Å². The summed E-state index contributed by atoms with van der Waals surface area (Å²) in [5, 5.41) is 13.6. The van der Waals surface area contributed by atoms with Gasteiger partial charge in [-0.25, -0.2) is 4.79 Å². The Morgan fingerprint density at radius 1 is 1.19 bits per heavy atom. The van der Waals surface area contributed by atoms with E-state index in [9.17, 15) is 19.5 Å². The van der Waals surface area contributed by atoms with Crippen molar-refractivity contribution in [3.05, 3.63) is 53.6 Å². The molecular weight excluding hydrogens is 404 g/mol. The number of nitrogens with two attached hydrogens (primary N) is 3. The number of aromatic hydroxyl groups is 1. The minimum Gasteiger partial charge on any atom is -0.508 e. The number of phenols is 1. The lowest BCUT2D eigenvalue weighted by molar-refractivity contribution is -0.146. The third kappa shape index (κ3) is 5.65. The standard InChI is InChI=1S/C21H24N4O6/c1-30-16-7-4-14(18(27)10-16)11-21(23,19(28)17(22)8-9-26)20(29)31-15-5-2-13(3-6-15)12-25-24/h2-7,9-10,12,17,27H,8,11,22-24H2,1H3. The zero-order chi connectivity index (χ0) is 23.0. The topological polar surface area (TPSA) is 180 Å². The van der Waals surface area contributed by atoms with Gasteiger partial charge in [-0.1, -0.05) is 6.07 Å². The fraction of sp³-hybridized carbons (Fsp3) is 0.238. The van der Waals surface area contributed by atoms with Crippen LogP contribution in [0.2, 0.25) is 0 Å². The quantitative estimate of drug-likeness (QED) is 0.0771. The third-order valence-electron chi connectivity index (χ3n) is 4.57. The zero-order valence-electron chi connectivity index (χ0n) is 16.9. The molecule has 0 aliphatic carbocycles. The van der Waals surface area contributed by atoms with Gasteiger partial charge in [-0.2, -0.15) is 5.10 Å². The largest absolute Gasteiger partial charge is 0.508 e. The Labute approximate surface area is 178 Å². The number of nitrogens with zero attached hydrogens (tertiary/aromatic N) is 1. The van der Waals surface area contributed by atoms with Gasteiger partial charge in [0.05, 0.1) is 19.4 Å². The summed E-state index contributed by atoms with van der Waals surface area (Å²) in [5.41, 5.74) is 10.6. The number of esters is 1. The van der Waals surface area contributed by atoms with Crippen molar-refractivity contribution >= 4 is 24.3 Å². The average Bonchev–Trinajstić information content (AvgIpc) is 2.76. The van der Waals surface area contributed by atoms with Crippen molar-refractivity contribution < 1.29 is 29.0 Å². The number of hydrazone groups is 1. The van der Waals surface area contributed by atoms with E-state index in [1.54, 1.807) is 12.1 Å². The molecule has 0 bridgehead atoms. The van der Waals surface area contributed by atoms with Gasteiger partial charge in [0, 0.05) is 18.9 Å². The van der Waals surface area contributed by atoms with Gasteiger partial charge in [-0.05, 0) is 41.5 Å². The molecule has 7 N–H and O–H groups in total. The Morgan fingerprint density at radius 2 is 1.84 bits per heavy atom. The Morgan fingerprint density at radius 3 is 2.39 bits per heavy atom. The van der Waals surface area contributed by atoms with Gasteiger partial charge in [0.25, 0.3) is 0 Å². The number of rotatable bonds is 10. The lowest BCUT2D eigenvalue weighted by Crippen LogP contribution is -2.63. The first kappa shape index (κ1) is 23.5. The smallest absolute Gasteiger partial charge is 0.339 e. The minimum absolute atomic E-state index is 0.115. The van der Waals surface area contributed by atoms with Crippen LogP contribution in [0.4, 0.5) is 0 Å². The van der Waals surface area contributed by atoms with Gasteiger partial charge in [0.15, 0.2) is 11.3 Å². The van der Waals surface area contributed by atoms with E-state index in [-0.39, 0.29) is 23.5 Å². The summed E-state index contributed by atoms with van der Waals surface area (Å²) in [4.78, 5) is 36.7. The molecular formula is C21H24N4O6. The Bertz CT molecular complexity index is 976. The summed E-state index contributed by atoms with van der Waals surface area (Å²) in [7, 11) is 1.42. The predicted octanol–water partition coefficient (Wildman–Crippen LogP) is 0.0244. The maximum absolute atomic E-state index is 13.0. The van der Waals surface area contributed by atoms with E-state index in [2.05, 4.69) is 5.10 Å². The van der Waals surface area contributed by atoms with E-state index in [4.69, 9.17) is 26.8 Å². The van der Waals surface area contributed by atoms with E-state index in [1.807, 2.05) is 0 Å². The molecule has 0 saturated heterocycles. The van der Waals surface area contributed by atoms with Crippen LogP contribution < -0.4 is 26.8 Å². The van der Waals surface area contributed by atoms with Crippen LogP contribution in [0.15, 0.2) is 47.6 Å². The molecule has 31 heavy (non-hydrogen) atoms. The number of benzene rings is 2. The van der Waals surface area contributed by atoms with Crippen LogP contribution in [-0.2, 0) is 20.8 Å². The number of carbonyl (C=O) groups is 3. The highest BCUT2D eigenvalue weighted by atomic mass is 16.5. The molecule has 0 aromatic heterocycles. The lowest BCUT2D eigenvalue weighted by Gasteiger charge is -2.28. The van der Waals surface area contributed by atoms with E-state index in [1.165, 1.54) is 43.7 Å². The molecule has 2 rings (SSSR count). The van der Waals surface area contributed by atoms with E-state index in [0.717, 1.165) is 0 Å². The number of ketones is 1. The summed E-state index contributed by atoms with van der Waals surface area (Å²) in [6.07, 6.45) is 1.11. The molecule has 10 nitrogen and oxygen atoms in total. The fourth-order valence-corrected chi connectivity index (χ4v) is 2.83. The van der Waals surface area contributed by atoms with Gasteiger partial charge in [-0.3, -0.25) is 4.79 Å². The first-order chi connectivity index (χ1) is 14.7. The highest BCUT2D eigenvalue weighted by molar-refractivity contribution is 6.11. The van der Waals surface area contributed by atoms with Crippen molar-refractivity contribution in [2.45, 2.75) is 24.4 Å². The molecule has 0 fully saturated rings.